The second-order valence-electron chi connectivity index (χ2n) is 10.9. The number of benzene rings is 4. The predicted molar refractivity (Wildman–Crippen MR) is 176 cm³/mol. The standard InChI is InChI=1S/C34H34Cl2FN3O4S/c1-24(2)21-38-34(42)32(19-25-9-5-3-6-10-25)39(22-26-13-16-28(37)17-14-26)33(41)23-40(31-20-27(35)15-18-30(31)36)45(43,44)29-11-7-4-8-12-29/h3-18,20,24,32H,19,21-23H2,1-2H3,(H,38,42)/t32-/m1/s1. The second-order valence-corrected chi connectivity index (χ2v) is 13.6. The molecule has 1 N–H and O–H groups in total. The molecule has 0 heterocycles. The highest BCUT2D eigenvalue weighted by Crippen LogP contribution is 2.33. The summed E-state index contributed by atoms with van der Waals surface area (Å²) in [4.78, 5) is 29.5. The Morgan fingerprint density at radius 1 is 0.844 bits per heavy atom. The van der Waals surface area contributed by atoms with Crippen molar-refractivity contribution < 1.29 is 22.4 Å². The molecular weight excluding hydrogens is 636 g/mol. The van der Waals surface area contributed by atoms with Gasteiger partial charge in [0.15, 0.2) is 0 Å². The maximum Gasteiger partial charge on any atom is 0.264 e. The Kier molecular flexibility index (Phi) is 11.6. The maximum absolute atomic E-state index is 14.4. The number of nitrogens with one attached hydrogen (secondary N) is 1. The Morgan fingerprint density at radius 2 is 1.47 bits per heavy atom. The monoisotopic (exact) mass is 669 g/mol. The summed E-state index contributed by atoms with van der Waals surface area (Å²) in [6, 6.07) is 25.7. The number of sulfonamides is 1. The van der Waals surface area contributed by atoms with Gasteiger partial charge in [-0.15, -0.1) is 0 Å². The first-order chi connectivity index (χ1) is 21.5. The minimum absolute atomic E-state index is 0.00645. The van der Waals surface area contributed by atoms with Crippen LogP contribution in [0.2, 0.25) is 10.0 Å². The highest BCUT2D eigenvalue weighted by molar-refractivity contribution is 7.92. The zero-order chi connectivity index (χ0) is 32.6. The molecule has 236 valence electrons. The van der Waals surface area contributed by atoms with Crippen molar-refractivity contribution in [1.82, 2.24) is 10.2 Å². The van der Waals surface area contributed by atoms with Gasteiger partial charge in [0.05, 0.1) is 15.6 Å². The van der Waals surface area contributed by atoms with Crippen LogP contribution in [0, 0.1) is 11.7 Å². The van der Waals surface area contributed by atoms with Crippen LogP contribution >= 0.6 is 23.2 Å². The number of halogens is 3. The normalized spacial score (nSPS) is 12.0. The van der Waals surface area contributed by atoms with Crippen molar-refractivity contribution in [3.8, 4) is 0 Å². The second kappa shape index (κ2) is 15.4. The van der Waals surface area contributed by atoms with E-state index in [2.05, 4.69) is 5.32 Å². The van der Waals surface area contributed by atoms with Gasteiger partial charge in [-0.2, -0.15) is 0 Å². The van der Waals surface area contributed by atoms with Crippen molar-refractivity contribution >= 4 is 50.7 Å². The number of amides is 2. The Hall–Kier alpha value is -3.92. The van der Waals surface area contributed by atoms with Gasteiger partial charge >= 0.3 is 0 Å². The van der Waals surface area contributed by atoms with E-state index in [4.69, 9.17) is 23.2 Å². The third kappa shape index (κ3) is 9.06. The molecule has 0 spiro atoms. The summed E-state index contributed by atoms with van der Waals surface area (Å²) in [7, 11) is -4.33. The van der Waals surface area contributed by atoms with E-state index in [9.17, 15) is 22.4 Å². The third-order valence-corrected chi connectivity index (χ3v) is 9.34. The van der Waals surface area contributed by atoms with Gasteiger partial charge in [-0.25, -0.2) is 12.8 Å². The van der Waals surface area contributed by atoms with E-state index in [-0.39, 0.29) is 39.5 Å². The fourth-order valence-electron chi connectivity index (χ4n) is 4.67. The van der Waals surface area contributed by atoms with Crippen molar-refractivity contribution in [3.63, 3.8) is 0 Å². The SMILES string of the molecule is CC(C)CNC(=O)[C@@H](Cc1ccccc1)N(Cc1ccc(F)cc1)C(=O)CN(c1cc(Cl)ccc1Cl)S(=O)(=O)c1ccccc1. The zero-order valence-corrected chi connectivity index (χ0v) is 27.2. The summed E-state index contributed by atoms with van der Waals surface area (Å²) in [5.41, 5.74) is 1.36. The molecule has 4 aromatic rings. The van der Waals surface area contributed by atoms with Crippen LogP contribution in [0.4, 0.5) is 10.1 Å². The molecular formula is C34H34Cl2FN3O4S. The quantitative estimate of drug-likeness (QED) is 0.171. The molecule has 2 amide bonds. The lowest BCUT2D eigenvalue weighted by atomic mass is 10.0. The van der Waals surface area contributed by atoms with E-state index in [1.807, 2.05) is 44.2 Å². The van der Waals surface area contributed by atoms with E-state index in [1.165, 1.54) is 59.5 Å². The third-order valence-electron chi connectivity index (χ3n) is 7.01. The van der Waals surface area contributed by atoms with Gasteiger partial charge < -0.3 is 10.2 Å². The lowest BCUT2D eigenvalue weighted by Crippen LogP contribution is -2.53. The van der Waals surface area contributed by atoms with Crippen LogP contribution < -0.4 is 9.62 Å². The molecule has 4 aromatic carbocycles. The number of hydrogen-bond acceptors (Lipinski definition) is 4. The van der Waals surface area contributed by atoms with Crippen molar-refractivity contribution in [2.24, 2.45) is 5.92 Å². The van der Waals surface area contributed by atoms with Crippen LogP contribution in [-0.2, 0) is 32.6 Å². The van der Waals surface area contributed by atoms with Crippen molar-refractivity contribution in [2.75, 3.05) is 17.4 Å². The molecule has 0 saturated carbocycles. The number of rotatable bonds is 13. The molecule has 4 rings (SSSR count). The number of carbonyl (C=O) groups excluding carboxylic acids is 2. The lowest BCUT2D eigenvalue weighted by Gasteiger charge is -2.34. The number of anilines is 1. The van der Waals surface area contributed by atoms with Gasteiger partial charge in [0.1, 0.15) is 18.4 Å². The van der Waals surface area contributed by atoms with Crippen LogP contribution in [0.1, 0.15) is 25.0 Å². The van der Waals surface area contributed by atoms with Crippen LogP contribution in [0.25, 0.3) is 0 Å². The molecule has 0 aromatic heterocycles. The molecule has 0 radical (unpaired) electrons. The maximum atomic E-state index is 14.4. The first-order valence-corrected chi connectivity index (χ1v) is 16.5. The lowest BCUT2D eigenvalue weighted by molar-refractivity contribution is -0.140. The Bertz CT molecular complexity index is 1710. The Morgan fingerprint density at radius 3 is 2.09 bits per heavy atom. The average Bonchev–Trinajstić information content (AvgIpc) is 3.03. The van der Waals surface area contributed by atoms with Crippen LogP contribution in [0.3, 0.4) is 0 Å². The summed E-state index contributed by atoms with van der Waals surface area (Å²) in [5, 5.41) is 3.21. The molecule has 0 bridgehead atoms. The Labute approximate surface area is 273 Å². The summed E-state index contributed by atoms with van der Waals surface area (Å²) in [6.45, 7) is 3.49. The summed E-state index contributed by atoms with van der Waals surface area (Å²) in [6.07, 6.45) is 0.154. The molecule has 7 nitrogen and oxygen atoms in total. The number of hydrogen-bond donors (Lipinski definition) is 1. The topological polar surface area (TPSA) is 86.8 Å². The average molecular weight is 671 g/mol. The van der Waals surface area contributed by atoms with Gasteiger partial charge in [0.2, 0.25) is 11.8 Å². The van der Waals surface area contributed by atoms with Crippen LogP contribution in [0.5, 0.6) is 0 Å². The molecule has 0 aliphatic heterocycles. The van der Waals surface area contributed by atoms with Crippen LogP contribution in [-0.4, -0.2) is 44.3 Å². The highest BCUT2D eigenvalue weighted by Gasteiger charge is 2.35. The van der Waals surface area contributed by atoms with E-state index in [0.29, 0.717) is 12.1 Å². The summed E-state index contributed by atoms with van der Waals surface area (Å²) >= 11 is 12.8. The van der Waals surface area contributed by atoms with E-state index < -0.39 is 40.2 Å². The Balaban J connectivity index is 1.82. The fourth-order valence-corrected chi connectivity index (χ4v) is 6.55. The van der Waals surface area contributed by atoms with Gasteiger partial charge in [-0.05, 0) is 59.5 Å². The van der Waals surface area contributed by atoms with Gasteiger partial charge in [-0.1, -0.05) is 97.7 Å². The zero-order valence-electron chi connectivity index (χ0n) is 24.9. The van der Waals surface area contributed by atoms with Crippen molar-refractivity contribution in [3.05, 3.63) is 130 Å². The van der Waals surface area contributed by atoms with Gasteiger partial charge in [-0.3, -0.25) is 13.9 Å². The molecule has 1 atom stereocenters. The van der Waals surface area contributed by atoms with Crippen LogP contribution in [0.15, 0.2) is 108 Å². The summed E-state index contributed by atoms with van der Waals surface area (Å²) in [5.74, 6) is -1.39. The molecule has 0 fully saturated rings. The predicted octanol–water partition coefficient (Wildman–Crippen LogP) is 6.74. The first-order valence-electron chi connectivity index (χ1n) is 14.3. The van der Waals surface area contributed by atoms with E-state index >= 15 is 0 Å². The molecule has 0 saturated heterocycles. The minimum atomic E-state index is -4.33. The number of carbonyl (C=O) groups is 2. The highest BCUT2D eigenvalue weighted by atomic mass is 35.5. The van der Waals surface area contributed by atoms with Gasteiger partial charge in [0, 0.05) is 24.5 Å². The molecule has 45 heavy (non-hydrogen) atoms. The van der Waals surface area contributed by atoms with E-state index in [0.717, 1.165) is 9.87 Å². The van der Waals surface area contributed by atoms with Crippen molar-refractivity contribution in [2.45, 2.75) is 37.8 Å². The fraction of sp³-hybridized carbons (Fsp3) is 0.235. The van der Waals surface area contributed by atoms with Gasteiger partial charge in [0.25, 0.3) is 10.0 Å². The van der Waals surface area contributed by atoms with E-state index in [1.54, 1.807) is 18.2 Å². The first kappa shape index (κ1) is 34.0. The van der Waals surface area contributed by atoms with Crippen molar-refractivity contribution in [1.29, 1.82) is 0 Å². The minimum Gasteiger partial charge on any atom is -0.354 e. The number of nitrogens with zero attached hydrogens (tertiary/aromatic N) is 2. The molecule has 0 aliphatic rings. The summed E-state index contributed by atoms with van der Waals surface area (Å²) < 4.78 is 42.8. The smallest absolute Gasteiger partial charge is 0.264 e. The largest absolute Gasteiger partial charge is 0.354 e. The molecule has 0 aliphatic carbocycles. The molecule has 11 heteroatoms. The molecule has 0 unspecified atom stereocenters.